The standard InChI is InChI=1S/C2H7NO.C2H6NO.CH4/c2*1-3(2)4;/h4H,1-2H3;1-2H3;1H4/q;+1;. The Morgan fingerprint density at radius 2 is 1.33 bits per heavy atom. The monoisotopic (exact) mass is 137 g/mol. The molecule has 0 radical (unpaired) electrons. The molecule has 0 aliphatic heterocycles. The van der Waals surface area contributed by atoms with Gasteiger partial charge in [0, 0.05) is 19.0 Å². The van der Waals surface area contributed by atoms with Crippen LogP contribution in [0.5, 0.6) is 0 Å². The van der Waals surface area contributed by atoms with Crippen LogP contribution < -0.4 is 0 Å². The molecular weight excluding hydrogens is 120 g/mol. The van der Waals surface area contributed by atoms with Crippen molar-refractivity contribution < 1.29 is 9.97 Å². The summed E-state index contributed by atoms with van der Waals surface area (Å²) < 4.78 is 0.750. The normalized spacial score (nSPS) is 6.89. The topological polar surface area (TPSA) is 43.5 Å². The summed E-state index contributed by atoms with van der Waals surface area (Å²) in [5, 5.41) is 8.89. The first-order chi connectivity index (χ1) is 3.46. The smallest absolute Gasteiger partial charge is 0.182 e. The largest absolute Gasteiger partial charge is 0.315 e. The van der Waals surface area contributed by atoms with E-state index in [1.54, 1.807) is 14.1 Å². The van der Waals surface area contributed by atoms with Crippen molar-refractivity contribution in [1.29, 1.82) is 0 Å². The van der Waals surface area contributed by atoms with Crippen molar-refractivity contribution in [2.75, 3.05) is 28.2 Å². The first kappa shape index (κ1) is 15.8. The SMILES string of the molecule is C.CN(C)O.C[N+](C)=O. The fourth-order valence-electron chi connectivity index (χ4n) is 0. The molecule has 0 aliphatic rings. The highest BCUT2D eigenvalue weighted by Crippen LogP contribution is 1.46. The average Bonchev–Trinajstić information content (AvgIpc) is 1.25. The van der Waals surface area contributed by atoms with Gasteiger partial charge >= 0.3 is 0 Å². The third-order valence-corrected chi connectivity index (χ3v) is 0. The summed E-state index contributed by atoms with van der Waals surface area (Å²) in [6.07, 6.45) is 0. The maximum absolute atomic E-state index is 9.36. The van der Waals surface area contributed by atoms with Gasteiger partial charge in [0.25, 0.3) is 0 Å². The van der Waals surface area contributed by atoms with E-state index < -0.39 is 0 Å². The lowest BCUT2D eigenvalue weighted by atomic mass is 11.2. The van der Waals surface area contributed by atoms with Crippen molar-refractivity contribution in [3.05, 3.63) is 4.91 Å². The molecule has 0 saturated heterocycles. The molecule has 0 aromatic heterocycles. The van der Waals surface area contributed by atoms with Crippen LogP contribution in [0, 0.1) is 4.91 Å². The van der Waals surface area contributed by atoms with E-state index in [9.17, 15) is 4.91 Å². The molecule has 0 spiro atoms. The number of hydrogen-bond donors (Lipinski definition) is 1. The number of hydroxylamine groups is 2. The van der Waals surface area contributed by atoms with Gasteiger partial charge in [0.05, 0.1) is 0 Å². The summed E-state index contributed by atoms with van der Waals surface area (Å²) in [6, 6.07) is 0. The highest BCUT2D eigenvalue weighted by Gasteiger charge is 1.66. The second-order valence-corrected chi connectivity index (χ2v) is 1.66. The van der Waals surface area contributed by atoms with Crippen molar-refractivity contribution in [1.82, 2.24) is 5.06 Å². The lowest BCUT2D eigenvalue weighted by Gasteiger charge is -1.89. The zero-order valence-corrected chi connectivity index (χ0v) is 5.75. The van der Waals surface area contributed by atoms with E-state index in [-0.39, 0.29) is 7.43 Å². The van der Waals surface area contributed by atoms with Crippen LogP contribution in [0.15, 0.2) is 0 Å². The molecule has 0 aromatic rings. The van der Waals surface area contributed by atoms with Crippen LogP contribution in [0.2, 0.25) is 0 Å². The molecule has 0 amide bonds. The fraction of sp³-hybridized carbons (Fsp3) is 1.00. The van der Waals surface area contributed by atoms with E-state index in [1.807, 2.05) is 0 Å². The molecular formula is C5H17N2O2+. The van der Waals surface area contributed by atoms with E-state index in [4.69, 9.17) is 5.21 Å². The van der Waals surface area contributed by atoms with Crippen LogP contribution in [0.25, 0.3) is 0 Å². The molecule has 0 aromatic carbocycles. The number of rotatable bonds is 0. The van der Waals surface area contributed by atoms with Gasteiger partial charge in [-0.15, -0.1) is 0 Å². The molecule has 0 atom stereocenters. The molecule has 0 aliphatic carbocycles. The highest BCUT2D eigenvalue weighted by molar-refractivity contribution is 3.90. The van der Waals surface area contributed by atoms with Gasteiger partial charge in [-0.3, -0.25) is 0 Å². The van der Waals surface area contributed by atoms with Crippen LogP contribution in [-0.4, -0.2) is 43.2 Å². The van der Waals surface area contributed by atoms with Crippen molar-refractivity contribution in [2.45, 2.75) is 7.43 Å². The number of nitroso groups, excluding NO2 is 1. The van der Waals surface area contributed by atoms with E-state index in [0.717, 1.165) is 9.82 Å². The Kier molecular flexibility index (Phi) is 18.4. The molecule has 4 nitrogen and oxygen atoms in total. The van der Waals surface area contributed by atoms with Crippen LogP contribution in [-0.2, 0) is 0 Å². The Labute approximate surface area is 56.6 Å². The van der Waals surface area contributed by atoms with Gasteiger partial charge in [0.1, 0.15) is 0 Å². The Morgan fingerprint density at radius 3 is 1.33 bits per heavy atom. The van der Waals surface area contributed by atoms with Gasteiger partial charge in [0.2, 0.25) is 0 Å². The third kappa shape index (κ3) is 995. The van der Waals surface area contributed by atoms with E-state index in [2.05, 4.69) is 0 Å². The minimum atomic E-state index is 0. The maximum atomic E-state index is 9.36. The minimum absolute atomic E-state index is 0. The molecule has 1 N–H and O–H groups in total. The van der Waals surface area contributed by atoms with Crippen LogP contribution in [0.3, 0.4) is 0 Å². The molecule has 0 bridgehead atoms. The maximum Gasteiger partial charge on any atom is 0.182 e. The van der Waals surface area contributed by atoms with Gasteiger partial charge in [0.15, 0.2) is 14.1 Å². The van der Waals surface area contributed by atoms with Crippen molar-refractivity contribution in [3.63, 3.8) is 0 Å². The summed E-state index contributed by atoms with van der Waals surface area (Å²) in [5.41, 5.74) is 0. The zero-order valence-electron chi connectivity index (χ0n) is 5.75. The van der Waals surface area contributed by atoms with E-state index >= 15 is 0 Å². The second-order valence-electron chi connectivity index (χ2n) is 1.66. The lowest BCUT2D eigenvalue weighted by molar-refractivity contribution is -0.486. The Hall–Kier alpha value is -0.480. The van der Waals surface area contributed by atoms with E-state index in [1.165, 1.54) is 14.1 Å². The lowest BCUT2D eigenvalue weighted by Crippen LogP contribution is -2.01. The fourth-order valence-corrected chi connectivity index (χ4v) is 0. The van der Waals surface area contributed by atoms with Crippen molar-refractivity contribution in [3.8, 4) is 0 Å². The van der Waals surface area contributed by atoms with Crippen molar-refractivity contribution in [2.24, 2.45) is 0 Å². The molecule has 0 heterocycles. The summed E-state index contributed by atoms with van der Waals surface area (Å²) in [6.45, 7) is 0. The van der Waals surface area contributed by atoms with Gasteiger partial charge in [-0.25, -0.2) is 0 Å². The summed E-state index contributed by atoms with van der Waals surface area (Å²) in [5.74, 6) is 0. The molecule has 0 fully saturated rings. The predicted molar refractivity (Wildman–Crippen MR) is 37.7 cm³/mol. The molecule has 0 saturated carbocycles. The Balaban J connectivity index is -0.0000000720. The summed E-state index contributed by atoms with van der Waals surface area (Å²) in [7, 11) is 6.00. The molecule has 0 rings (SSSR count). The third-order valence-electron chi connectivity index (χ3n) is 0. The first-order valence-electron chi connectivity index (χ1n) is 2.17. The van der Waals surface area contributed by atoms with E-state index in [0.29, 0.717) is 0 Å². The van der Waals surface area contributed by atoms with Gasteiger partial charge in [-0.05, 0) is 4.76 Å². The average molecular weight is 137 g/mol. The summed E-state index contributed by atoms with van der Waals surface area (Å²) >= 11 is 0. The second kappa shape index (κ2) is 10.5. The first-order valence-corrected chi connectivity index (χ1v) is 2.17. The molecule has 58 valence electrons. The summed E-state index contributed by atoms with van der Waals surface area (Å²) in [4.78, 5) is 9.36. The van der Waals surface area contributed by atoms with Crippen LogP contribution in [0.1, 0.15) is 7.43 Å². The Morgan fingerprint density at radius 1 is 1.33 bits per heavy atom. The van der Waals surface area contributed by atoms with Crippen LogP contribution >= 0.6 is 0 Å². The Bertz CT molecular complexity index is 57.2. The quantitative estimate of drug-likeness (QED) is 0.392. The molecule has 9 heavy (non-hydrogen) atoms. The minimum Gasteiger partial charge on any atom is -0.315 e. The number of nitrogens with zero attached hydrogens (tertiary/aromatic N) is 2. The van der Waals surface area contributed by atoms with Gasteiger partial charge in [-0.1, -0.05) is 7.43 Å². The predicted octanol–water partition coefficient (Wildman–Crippen LogP) is 0.598. The van der Waals surface area contributed by atoms with Crippen LogP contribution in [0.4, 0.5) is 0 Å². The zero-order chi connectivity index (χ0) is 7.15. The molecule has 0 unspecified atom stereocenters. The van der Waals surface area contributed by atoms with Gasteiger partial charge in [-0.2, -0.15) is 5.06 Å². The molecule has 4 heteroatoms. The van der Waals surface area contributed by atoms with Gasteiger partial charge < -0.3 is 5.21 Å². The van der Waals surface area contributed by atoms with Crippen molar-refractivity contribution >= 4 is 0 Å². The number of hydrogen-bond acceptors (Lipinski definition) is 3. The highest BCUT2D eigenvalue weighted by atomic mass is 16.5.